The lowest BCUT2D eigenvalue weighted by molar-refractivity contribution is -0.131. The van der Waals surface area contributed by atoms with E-state index in [-0.39, 0.29) is 48.9 Å². The number of carbonyl (C=O) groups is 6. The number of anilines is 1. The standard InChI is InChI=1S/C37H52N6O6.C8H11NO2.C6H14N2/c1-10-42-31-14-13-27(43-17-16-41(36(43)47)20-26(21-44)39-35(46)33(24(2)3)40(7)8)18-29(31)30(19-37(5,6)22-49-23-45)34(42)28-12-11-15-38-32(28)25(4)48-9;1-2-8(11)9-4-3-7(5-9)6-10;1-6-4-3-5-8(2)7-6/h11-15,18,21,23-26,33H,10,16-17,19-20,22H2,1-9H3,(H,39,46);2,6-7H,1,3-5H2;6-7H,3-5H2,1-2H3/t;;6-/m..1/s1. The topological polar surface area (TPSA) is 179 Å². The van der Waals surface area contributed by atoms with Crippen molar-refractivity contribution in [3.8, 4) is 11.3 Å². The second-order valence-corrected chi connectivity index (χ2v) is 19.4. The summed E-state index contributed by atoms with van der Waals surface area (Å²) in [6.45, 7) is 22.5. The van der Waals surface area contributed by atoms with Crippen molar-refractivity contribution >= 4 is 53.5 Å². The number of amides is 4. The number of hydrazine groups is 1. The molecule has 0 aliphatic carbocycles. The summed E-state index contributed by atoms with van der Waals surface area (Å²) in [5, 5.41) is 5.99. The van der Waals surface area contributed by atoms with Crippen molar-refractivity contribution in [1.82, 2.24) is 40.0 Å². The van der Waals surface area contributed by atoms with Crippen LogP contribution in [-0.2, 0) is 46.4 Å². The van der Waals surface area contributed by atoms with Crippen LogP contribution in [-0.4, -0.2) is 158 Å². The van der Waals surface area contributed by atoms with Crippen LogP contribution in [0.5, 0.6) is 0 Å². The van der Waals surface area contributed by atoms with Gasteiger partial charge < -0.3 is 38.7 Å². The Labute approximate surface area is 403 Å². The normalized spacial score (nSPS) is 18.9. The zero-order chi connectivity index (χ0) is 50.3. The van der Waals surface area contributed by atoms with Gasteiger partial charge in [0.05, 0.1) is 30.1 Å². The third-order valence-electron chi connectivity index (χ3n) is 12.7. The molecule has 3 aliphatic rings. The quantitative estimate of drug-likeness (QED) is 0.114. The number of aldehydes is 2. The number of urea groups is 1. The Balaban J connectivity index is 0.000000435. The number of nitrogens with zero attached hydrogens (tertiary/aromatic N) is 7. The minimum atomic E-state index is -0.827. The molecule has 5 atom stereocenters. The largest absolute Gasteiger partial charge is 0.467 e. The number of aromatic nitrogens is 2. The molecule has 4 amide bonds. The Hall–Kier alpha value is -5.49. The third kappa shape index (κ3) is 14.3. The van der Waals surface area contributed by atoms with Crippen molar-refractivity contribution in [3.05, 3.63) is 60.4 Å². The Morgan fingerprint density at radius 2 is 1.81 bits per heavy atom. The van der Waals surface area contributed by atoms with Crippen molar-refractivity contribution in [3.63, 3.8) is 0 Å². The van der Waals surface area contributed by atoms with E-state index in [1.165, 1.54) is 25.5 Å². The van der Waals surface area contributed by atoms with Crippen LogP contribution < -0.4 is 15.6 Å². The van der Waals surface area contributed by atoms with Crippen molar-refractivity contribution in [2.45, 2.75) is 105 Å². The molecule has 3 fully saturated rings. The number of hydrogen-bond donors (Lipinski definition) is 2. The van der Waals surface area contributed by atoms with Crippen LogP contribution in [0.25, 0.3) is 22.2 Å². The second kappa shape index (κ2) is 25.8. The van der Waals surface area contributed by atoms with Crippen molar-refractivity contribution in [2.24, 2.45) is 17.3 Å². The Kier molecular flexibility index (Phi) is 20.9. The zero-order valence-corrected chi connectivity index (χ0v) is 42.3. The number of nitrogens with one attached hydrogen (secondary N) is 2. The van der Waals surface area contributed by atoms with Gasteiger partial charge in [-0.25, -0.2) is 9.80 Å². The first kappa shape index (κ1) is 55.1. The van der Waals surface area contributed by atoms with E-state index in [1.54, 1.807) is 28.0 Å². The lowest BCUT2D eigenvalue weighted by Crippen LogP contribution is -2.53. The highest BCUT2D eigenvalue weighted by molar-refractivity contribution is 6.00. The van der Waals surface area contributed by atoms with Gasteiger partial charge in [-0.05, 0) is 108 Å². The van der Waals surface area contributed by atoms with Crippen molar-refractivity contribution in [2.75, 3.05) is 79.0 Å². The number of methoxy groups -OCH3 is 1. The molecule has 17 nitrogen and oxygen atoms in total. The van der Waals surface area contributed by atoms with Crippen LogP contribution in [0, 0.1) is 17.3 Å². The maximum absolute atomic E-state index is 13.8. The monoisotopic (exact) mass is 944 g/mol. The van der Waals surface area contributed by atoms with Gasteiger partial charge in [0.1, 0.15) is 18.6 Å². The zero-order valence-electron chi connectivity index (χ0n) is 42.3. The molecular weight excluding hydrogens is 867 g/mol. The van der Waals surface area contributed by atoms with Gasteiger partial charge in [-0.1, -0.05) is 34.3 Å². The van der Waals surface area contributed by atoms with Gasteiger partial charge >= 0.3 is 6.03 Å². The molecule has 1 aromatic carbocycles. The van der Waals surface area contributed by atoms with E-state index in [1.807, 2.05) is 58.0 Å². The molecule has 6 rings (SSSR count). The lowest BCUT2D eigenvalue weighted by Gasteiger charge is -2.29. The smallest absolute Gasteiger partial charge is 0.324 e. The molecule has 0 bridgehead atoms. The molecule has 0 spiro atoms. The van der Waals surface area contributed by atoms with Crippen LogP contribution >= 0.6 is 0 Å². The number of hydrogen-bond acceptors (Lipinski definition) is 12. The summed E-state index contributed by atoms with van der Waals surface area (Å²) in [4.78, 5) is 82.8. The number of rotatable bonds is 19. The van der Waals surface area contributed by atoms with Gasteiger partial charge in [-0.3, -0.25) is 34.6 Å². The van der Waals surface area contributed by atoms with Crippen LogP contribution in [0.1, 0.15) is 85.1 Å². The summed E-state index contributed by atoms with van der Waals surface area (Å²) in [7, 11) is 7.42. The number of pyridine rings is 1. The summed E-state index contributed by atoms with van der Waals surface area (Å²) in [6.07, 6.45) is 8.46. The van der Waals surface area contributed by atoms with Crippen LogP contribution in [0.2, 0.25) is 0 Å². The minimum Gasteiger partial charge on any atom is -0.467 e. The molecule has 3 saturated heterocycles. The third-order valence-corrected chi connectivity index (χ3v) is 12.7. The fourth-order valence-corrected chi connectivity index (χ4v) is 9.36. The molecule has 374 valence electrons. The first-order valence-electron chi connectivity index (χ1n) is 23.9. The number of aryl methyl sites for hydroxylation is 1. The van der Waals surface area contributed by atoms with E-state index in [0.29, 0.717) is 57.9 Å². The van der Waals surface area contributed by atoms with Gasteiger partial charge in [0.15, 0.2) is 0 Å². The predicted molar refractivity (Wildman–Crippen MR) is 266 cm³/mol. The number of fused-ring (bicyclic) bond motifs is 1. The molecule has 3 aromatic rings. The van der Waals surface area contributed by atoms with Gasteiger partial charge in [-0.2, -0.15) is 0 Å². The molecule has 17 heteroatoms. The summed E-state index contributed by atoms with van der Waals surface area (Å²) in [5.41, 5.74) is 8.50. The first-order valence-corrected chi connectivity index (χ1v) is 23.9. The van der Waals surface area contributed by atoms with Crippen molar-refractivity contribution < 1.29 is 38.2 Å². The van der Waals surface area contributed by atoms with Crippen molar-refractivity contribution in [1.29, 1.82) is 0 Å². The Bertz CT molecular complexity index is 2180. The van der Waals surface area contributed by atoms with E-state index in [2.05, 4.69) is 73.8 Å². The summed E-state index contributed by atoms with van der Waals surface area (Å²) in [6, 6.07) is 9.27. The number of carbonyl (C=O) groups excluding carboxylic acids is 6. The Morgan fingerprint density at radius 3 is 2.37 bits per heavy atom. The fraction of sp³-hybridized carbons (Fsp3) is 0.588. The summed E-state index contributed by atoms with van der Waals surface area (Å²) in [5.74, 6) is -0.230. The lowest BCUT2D eigenvalue weighted by atomic mass is 9.84. The molecule has 4 unspecified atom stereocenters. The number of likely N-dealkylation sites (N-methyl/N-ethyl adjacent to an activating group) is 1. The van der Waals surface area contributed by atoms with E-state index in [9.17, 15) is 28.8 Å². The van der Waals surface area contributed by atoms with Crippen LogP contribution in [0.3, 0.4) is 0 Å². The van der Waals surface area contributed by atoms with E-state index >= 15 is 0 Å². The van der Waals surface area contributed by atoms with Gasteiger partial charge in [0.25, 0.3) is 6.47 Å². The number of ether oxygens (including phenoxy) is 2. The van der Waals surface area contributed by atoms with Crippen LogP contribution in [0.15, 0.2) is 49.2 Å². The average Bonchev–Trinajstić information content (AvgIpc) is 4.02. The minimum absolute atomic E-state index is 0.0406. The second-order valence-electron chi connectivity index (χ2n) is 19.4. The SMILES string of the molecule is C=CC(=O)N1CCC(C=O)C1.CCn1c(-c2cccnc2C(C)OC)c(CC(C)(C)COC=O)c2cc(N3CCN(CC(C=O)NC(=O)C(C(C)C)N(C)C)C3=O)ccc21.C[C@@H]1CCCN(C)N1. The van der Waals surface area contributed by atoms with E-state index in [4.69, 9.17) is 14.5 Å². The van der Waals surface area contributed by atoms with Crippen LogP contribution in [0.4, 0.5) is 10.5 Å². The summed E-state index contributed by atoms with van der Waals surface area (Å²) >= 11 is 0. The molecule has 0 saturated carbocycles. The highest BCUT2D eigenvalue weighted by atomic mass is 16.5. The van der Waals surface area contributed by atoms with E-state index < -0.39 is 17.5 Å². The molecule has 5 heterocycles. The first-order chi connectivity index (χ1) is 32.3. The highest BCUT2D eigenvalue weighted by Crippen LogP contribution is 2.42. The average molecular weight is 944 g/mol. The molecule has 2 N–H and O–H groups in total. The maximum atomic E-state index is 13.8. The molecule has 2 aromatic heterocycles. The van der Waals surface area contributed by atoms with E-state index in [0.717, 1.165) is 51.8 Å². The highest BCUT2D eigenvalue weighted by Gasteiger charge is 2.35. The summed E-state index contributed by atoms with van der Waals surface area (Å²) < 4.78 is 13.2. The number of benzene rings is 1. The van der Waals surface area contributed by atoms with Gasteiger partial charge in [0.2, 0.25) is 11.8 Å². The molecule has 3 aliphatic heterocycles. The maximum Gasteiger partial charge on any atom is 0.324 e. The predicted octanol–water partition coefficient (Wildman–Crippen LogP) is 5.51. The van der Waals surface area contributed by atoms with Gasteiger partial charge in [0, 0.05) is 106 Å². The fourth-order valence-electron chi connectivity index (χ4n) is 9.36. The molecule has 0 radical (unpaired) electrons. The van der Waals surface area contributed by atoms with Gasteiger partial charge in [-0.15, -0.1) is 0 Å². The number of likely N-dealkylation sites (tertiary alicyclic amines) is 1. The molecule has 68 heavy (non-hydrogen) atoms. The Morgan fingerprint density at radius 1 is 1.07 bits per heavy atom. The molecular formula is C51H77N9O8.